The molecule has 1 aliphatic rings. The van der Waals surface area contributed by atoms with Crippen LogP contribution in [0.15, 0.2) is 46.9 Å². The molecule has 0 radical (unpaired) electrons. The van der Waals surface area contributed by atoms with E-state index in [1.165, 1.54) is 29.5 Å². The zero-order valence-corrected chi connectivity index (χ0v) is 19.9. The van der Waals surface area contributed by atoms with Gasteiger partial charge < -0.3 is 10.2 Å². The van der Waals surface area contributed by atoms with Gasteiger partial charge in [-0.05, 0) is 37.0 Å². The molecule has 1 N–H and O–H groups in total. The van der Waals surface area contributed by atoms with E-state index in [0.29, 0.717) is 33.6 Å². The fraction of sp³-hybridized carbons (Fsp3) is 0.364. The molecule has 2 aromatic heterocycles. The van der Waals surface area contributed by atoms with E-state index in [1.807, 2.05) is 12.1 Å². The lowest BCUT2D eigenvalue weighted by atomic mass is 10.1. The van der Waals surface area contributed by atoms with E-state index in [4.69, 9.17) is 11.6 Å². The van der Waals surface area contributed by atoms with Crippen LogP contribution >= 0.6 is 34.7 Å². The van der Waals surface area contributed by atoms with Gasteiger partial charge in [-0.3, -0.25) is 14.2 Å². The molecule has 1 saturated heterocycles. The second kappa shape index (κ2) is 10.5. The van der Waals surface area contributed by atoms with Crippen LogP contribution in [0.4, 0.5) is 5.13 Å². The number of allylic oxidation sites excluding steroid dienone is 1. The van der Waals surface area contributed by atoms with Crippen LogP contribution in [0, 0.1) is 0 Å². The van der Waals surface area contributed by atoms with Crippen molar-refractivity contribution in [3.63, 3.8) is 0 Å². The number of nitrogens with one attached hydrogen (secondary N) is 1. The number of hydrogen-bond donors (Lipinski definition) is 1. The maximum Gasteiger partial charge on any atom is 0.274 e. The highest BCUT2D eigenvalue weighted by molar-refractivity contribution is 7.99. The van der Waals surface area contributed by atoms with Gasteiger partial charge in [0.05, 0.1) is 5.75 Å². The van der Waals surface area contributed by atoms with Crippen LogP contribution in [0.25, 0.3) is 10.3 Å². The van der Waals surface area contributed by atoms with Gasteiger partial charge in [0.25, 0.3) is 5.56 Å². The molecule has 1 aromatic carbocycles. The average molecular weight is 490 g/mol. The highest BCUT2D eigenvalue weighted by Crippen LogP contribution is 2.29. The van der Waals surface area contributed by atoms with Crippen LogP contribution < -0.4 is 15.8 Å². The number of thioether (sulfide) groups is 1. The zero-order chi connectivity index (χ0) is 22.5. The topological polar surface area (TPSA) is 80.1 Å². The molecule has 3 aromatic rings. The first-order valence-electron chi connectivity index (χ1n) is 10.5. The first kappa shape index (κ1) is 22.8. The molecule has 0 spiro atoms. The van der Waals surface area contributed by atoms with Crippen molar-refractivity contribution < 1.29 is 4.79 Å². The standard InChI is InChI=1S/C22H24ClN5O2S2/c1-2-10-28-20(30)18-19(25-21(32-18)27-11-4-3-5-12-27)26-22(28)31-14-17(29)24-13-15-6-8-16(23)9-7-15/h2,6-9H,1,3-5,10-14H2,(H,24,29). The van der Waals surface area contributed by atoms with Crippen molar-refractivity contribution >= 4 is 56.1 Å². The normalized spacial score (nSPS) is 14.0. The molecular weight excluding hydrogens is 466 g/mol. The van der Waals surface area contributed by atoms with Crippen molar-refractivity contribution in [2.24, 2.45) is 0 Å². The number of anilines is 1. The van der Waals surface area contributed by atoms with E-state index in [9.17, 15) is 9.59 Å². The third-order valence-corrected chi connectivity index (χ3v) is 7.47. The molecule has 1 aliphatic heterocycles. The Hall–Kier alpha value is -2.36. The van der Waals surface area contributed by atoms with E-state index >= 15 is 0 Å². The Morgan fingerprint density at radius 2 is 1.97 bits per heavy atom. The quantitative estimate of drug-likeness (QED) is 0.291. The minimum Gasteiger partial charge on any atom is -0.351 e. The summed E-state index contributed by atoms with van der Waals surface area (Å²) >= 11 is 8.52. The molecule has 10 heteroatoms. The van der Waals surface area contributed by atoms with Gasteiger partial charge >= 0.3 is 0 Å². The third-order valence-electron chi connectivity index (χ3n) is 5.14. The average Bonchev–Trinajstić information content (AvgIpc) is 3.24. The van der Waals surface area contributed by atoms with E-state index in [1.54, 1.807) is 22.8 Å². The van der Waals surface area contributed by atoms with Gasteiger partial charge in [0, 0.05) is 31.2 Å². The van der Waals surface area contributed by atoms with Crippen molar-refractivity contribution in [3.8, 4) is 0 Å². The monoisotopic (exact) mass is 489 g/mol. The highest BCUT2D eigenvalue weighted by Gasteiger charge is 2.20. The summed E-state index contributed by atoms with van der Waals surface area (Å²) in [5, 5.41) is 4.85. The molecule has 0 atom stereocenters. The fourth-order valence-corrected chi connectivity index (χ4v) is 5.44. The number of halogens is 1. The molecule has 168 valence electrons. The van der Waals surface area contributed by atoms with Crippen LogP contribution in [0.1, 0.15) is 24.8 Å². The Labute approximate surface area is 199 Å². The molecule has 4 rings (SSSR count). The summed E-state index contributed by atoms with van der Waals surface area (Å²) in [6.07, 6.45) is 5.16. The lowest BCUT2D eigenvalue weighted by molar-refractivity contribution is -0.118. The summed E-state index contributed by atoms with van der Waals surface area (Å²) in [7, 11) is 0. The molecule has 7 nitrogen and oxygen atoms in total. The minimum absolute atomic E-state index is 0.139. The number of thiazole rings is 1. The Morgan fingerprint density at radius 1 is 1.22 bits per heavy atom. The number of benzene rings is 1. The SMILES string of the molecule is C=CCn1c(SCC(=O)NCc2ccc(Cl)cc2)nc2nc(N3CCCCC3)sc2c1=O. The number of hydrogen-bond acceptors (Lipinski definition) is 7. The fourth-order valence-electron chi connectivity index (χ4n) is 3.48. The van der Waals surface area contributed by atoms with Crippen LogP contribution in [0.3, 0.4) is 0 Å². The lowest BCUT2D eigenvalue weighted by Gasteiger charge is -2.25. The summed E-state index contributed by atoms with van der Waals surface area (Å²) < 4.78 is 2.11. The van der Waals surface area contributed by atoms with E-state index in [0.717, 1.165) is 36.6 Å². The maximum absolute atomic E-state index is 13.1. The van der Waals surface area contributed by atoms with Gasteiger partial charge in [-0.2, -0.15) is 4.98 Å². The summed E-state index contributed by atoms with van der Waals surface area (Å²) in [5.41, 5.74) is 1.27. The second-order valence-corrected chi connectivity index (χ2v) is 9.84. The first-order valence-corrected chi connectivity index (χ1v) is 12.6. The van der Waals surface area contributed by atoms with Crippen molar-refractivity contribution in [1.82, 2.24) is 19.9 Å². The molecule has 1 amide bonds. The molecule has 0 aliphatic carbocycles. The minimum atomic E-state index is -0.142. The number of nitrogens with zero attached hydrogens (tertiary/aromatic N) is 4. The van der Waals surface area contributed by atoms with Crippen molar-refractivity contribution in [2.45, 2.75) is 37.5 Å². The zero-order valence-electron chi connectivity index (χ0n) is 17.6. The van der Waals surface area contributed by atoms with E-state index in [2.05, 4.69) is 26.8 Å². The smallest absolute Gasteiger partial charge is 0.274 e. The summed E-state index contributed by atoms with van der Waals surface area (Å²) in [6, 6.07) is 7.32. The van der Waals surface area contributed by atoms with Crippen LogP contribution in [-0.4, -0.2) is 39.3 Å². The molecule has 0 bridgehead atoms. The Balaban J connectivity index is 1.49. The number of piperidine rings is 1. The van der Waals surface area contributed by atoms with Gasteiger partial charge in [0.15, 0.2) is 15.9 Å². The summed E-state index contributed by atoms with van der Waals surface area (Å²) in [5.74, 6) is 0.00273. The Bertz CT molecular complexity index is 1170. The van der Waals surface area contributed by atoms with Gasteiger partial charge in [-0.1, -0.05) is 52.9 Å². The summed E-state index contributed by atoms with van der Waals surface area (Å²) in [6.45, 7) is 6.40. The predicted molar refractivity (Wildman–Crippen MR) is 132 cm³/mol. The van der Waals surface area contributed by atoms with Crippen LogP contribution in [0.2, 0.25) is 5.02 Å². The van der Waals surface area contributed by atoms with Crippen molar-refractivity contribution in [1.29, 1.82) is 0 Å². The van der Waals surface area contributed by atoms with Gasteiger partial charge in [0.1, 0.15) is 4.70 Å². The number of carbonyl (C=O) groups is 1. The Kier molecular flexibility index (Phi) is 7.49. The van der Waals surface area contributed by atoms with Gasteiger partial charge in [-0.15, -0.1) is 6.58 Å². The molecule has 1 fully saturated rings. The number of carbonyl (C=O) groups excluding carboxylic acids is 1. The Morgan fingerprint density at radius 3 is 2.69 bits per heavy atom. The van der Waals surface area contributed by atoms with E-state index in [-0.39, 0.29) is 17.2 Å². The largest absolute Gasteiger partial charge is 0.351 e. The van der Waals surface area contributed by atoms with Gasteiger partial charge in [-0.25, -0.2) is 4.98 Å². The highest BCUT2D eigenvalue weighted by atomic mass is 35.5. The summed E-state index contributed by atoms with van der Waals surface area (Å²) in [4.78, 5) is 37.0. The van der Waals surface area contributed by atoms with Crippen LogP contribution in [0.5, 0.6) is 0 Å². The predicted octanol–water partition coefficient (Wildman–Crippen LogP) is 4.09. The van der Waals surface area contributed by atoms with Crippen LogP contribution in [-0.2, 0) is 17.9 Å². The number of amides is 1. The molecule has 3 heterocycles. The molecule has 32 heavy (non-hydrogen) atoms. The molecule has 0 unspecified atom stereocenters. The molecule has 0 saturated carbocycles. The first-order chi connectivity index (χ1) is 15.5. The van der Waals surface area contributed by atoms with E-state index < -0.39 is 0 Å². The van der Waals surface area contributed by atoms with Crippen molar-refractivity contribution in [3.05, 3.63) is 57.9 Å². The number of rotatable bonds is 8. The van der Waals surface area contributed by atoms with Crippen molar-refractivity contribution in [2.75, 3.05) is 23.7 Å². The number of aromatic nitrogens is 3. The number of fused-ring (bicyclic) bond motifs is 1. The van der Waals surface area contributed by atoms with Gasteiger partial charge in [0.2, 0.25) is 5.91 Å². The molecular formula is C22H24ClN5O2S2. The second-order valence-electron chi connectivity index (χ2n) is 7.49. The lowest BCUT2D eigenvalue weighted by Crippen LogP contribution is -2.29. The third kappa shape index (κ3) is 5.33. The maximum atomic E-state index is 13.1.